The lowest BCUT2D eigenvalue weighted by Crippen LogP contribution is -2.06. The van der Waals surface area contributed by atoms with Gasteiger partial charge in [-0.3, -0.25) is 0 Å². The minimum Gasteiger partial charge on any atom is -0.494 e. The van der Waals surface area contributed by atoms with Gasteiger partial charge in [0.15, 0.2) is 0 Å². The molecule has 0 saturated heterocycles. The minimum atomic E-state index is -0.507. The van der Waals surface area contributed by atoms with Gasteiger partial charge >= 0.3 is 5.97 Å². The third-order valence-electron chi connectivity index (χ3n) is 2.76. The van der Waals surface area contributed by atoms with Crippen LogP contribution >= 0.6 is 0 Å². The van der Waals surface area contributed by atoms with Crippen LogP contribution in [0.2, 0.25) is 0 Å². The van der Waals surface area contributed by atoms with Crippen LogP contribution in [0.4, 0.5) is 10.1 Å². The zero-order valence-corrected chi connectivity index (χ0v) is 11.6. The number of nitrogen functional groups attached to an aromatic ring is 1. The maximum Gasteiger partial charge on any atom is 0.338 e. The Hall–Kier alpha value is -2.56. The number of carbonyl (C=O) groups excluding carboxylic acids is 1. The maximum atomic E-state index is 12.8. The van der Waals surface area contributed by atoms with E-state index in [0.29, 0.717) is 29.2 Å². The topological polar surface area (TPSA) is 61.5 Å². The molecule has 0 heterocycles. The number of anilines is 1. The molecule has 5 heteroatoms. The molecule has 0 spiro atoms. The molecule has 2 N–H and O–H groups in total. The van der Waals surface area contributed by atoms with Gasteiger partial charge in [-0.25, -0.2) is 9.18 Å². The van der Waals surface area contributed by atoms with Crippen molar-refractivity contribution in [1.82, 2.24) is 0 Å². The van der Waals surface area contributed by atoms with Gasteiger partial charge in [0.2, 0.25) is 0 Å². The second-order valence-corrected chi connectivity index (χ2v) is 4.43. The molecule has 0 saturated carbocycles. The van der Waals surface area contributed by atoms with Crippen LogP contribution in [-0.2, 0) is 11.3 Å². The molecule has 2 aromatic carbocycles. The summed E-state index contributed by atoms with van der Waals surface area (Å²) in [6.45, 7) is 2.39. The summed E-state index contributed by atoms with van der Waals surface area (Å²) in [5, 5.41) is 0. The molecule has 2 aromatic rings. The molecule has 110 valence electrons. The number of hydrogen-bond donors (Lipinski definition) is 1. The first-order valence-corrected chi connectivity index (χ1v) is 6.53. The Labute approximate surface area is 122 Å². The summed E-state index contributed by atoms with van der Waals surface area (Å²) in [5.41, 5.74) is 7.17. The average molecular weight is 289 g/mol. The van der Waals surface area contributed by atoms with Gasteiger partial charge in [-0.2, -0.15) is 0 Å². The monoisotopic (exact) mass is 289 g/mol. The second-order valence-electron chi connectivity index (χ2n) is 4.43. The van der Waals surface area contributed by atoms with Crippen molar-refractivity contribution < 1.29 is 18.7 Å². The molecule has 2 rings (SSSR count). The fourth-order valence-electron chi connectivity index (χ4n) is 1.80. The van der Waals surface area contributed by atoms with Crippen LogP contribution in [0.1, 0.15) is 22.8 Å². The molecule has 0 radical (unpaired) electrons. The smallest absolute Gasteiger partial charge is 0.338 e. The number of ether oxygens (including phenoxy) is 2. The van der Waals surface area contributed by atoms with Crippen molar-refractivity contribution in [3.8, 4) is 5.75 Å². The number of benzene rings is 2. The van der Waals surface area contributed by atoms with E-state index in [2.05, 4.69) is 0 Å². The van der Waals surface area contributed by atoms with Gasteiger partial charge in [-0.15, -0.1) is 0 Å². The summed E-state index contributed by atoms with van der Waals surface area (Å²) in [6, 6.07) is 10.5. The van der Waals surface area contributed by atoms with Gasteiger partial charge < -0.3 is 15.2 Å². The zero-order chi connectivity index (χ0) is 15.2. The van der Waals surface area contributed by atoms with Gasteiger partial charge in [-0.05, 0) is 36.8 Å². The van der Waals surface area contributed by atoms with E-state index in [-0.39, 0.29) is 12.4 Å². The normalized spacial score (nSPS) is 10.2. The van der Waals surface area contributed by atoms with Crippen molar-refractivity contribution >= 4 is 11.7 Å². The van der Waals surface area contributed by atoms with Crippen molar-refractivity contribution in [1.29, 1.82) is 0 Å². The Morgan fingerprint density at radius 1 is 1.19 bits per heavy atom. The predicted molar refractivity (Wildman–Crippen MR) is 77.5 cm³/mol. The SMILES string of the molecule is CCOc1cc(N)cc(C(=O)OCc2ccc(F)cc2)c1. The molecule has 0 aliphatic heterocycles. The molecule has 0 aliphatic carbocycles. The molecule has 0 amide bonds. The Morgan fingerprint density at radius 2 is 1.90 bits per heavy atom. The van der Waals surface area contributed by atoms with E-state index in [4.69, 9.17) is 15.2 Å². The van der Waals surface area contributed by atoms with E-state index in [0.717, 1.165) is 0 Å². The van der Waals surface area contributed by atoms with Crippen molar-refractivity contribution in [2.24, 2.45) is 0 Å². The van der Waals surface area contributed by atoms with Crippen LogP contribution in [0.3, 0.4) is 0 Å². The van der Waals surface area contributed by atoms with E-state index in [1.807, 2.05) is 6.92 Å². The van der Waals surface area contributed by atoms with E-state index < -0.39 is 5.97 Å². The fourth-order valence-corrected chi connectivity index (χ4v) is 1.80. The summed E-state index contributed by atoms with van der Waals surface area (Å²) in [5.74, 6) is -0.318. The summed E-state index contributed by atoms with van der Waals surface area (Å²) in [7, 11) is 0. The van der Waals surface area contributed by atoms with Crippen LogP contribution in [0.25, 0.3) is 0 Å². The lowest BCUT2D eigenvalue weighted by molar-refractivity contribution is 0.0472. The Morgan fingerprint density at radius 3 is 2.57 bits per heavy atom. The van der Waals surface area contributed by atoms with Crippen LogP contribution < -0.4 is 10.5 Å². The number of rotatable bonds is 5. The Balaban J connectivity index is 2.04. The van der Waals surface area contributed by atoms with Crippen molar-refractivity contribution in [2.45, 2.75) is 13.5 Å². The second kappa shape index (κ2) is 6.74. The van der Waals surface area contributed by atoms with Gasteiger partial charge in [0.25, 0.3) is 0 Å². The number of nitrogens with two attached hydrogens (primary N) is 1. The molecule has 4 nitrogen and oxygen atoms in total. The van der Waals surface area contributed by atoms with Crippen molar-refractivity contribution in [3.63, 3.8) is 0 Å². The fraction of sp³-hybridized carbons (Fsp3) is 0.188. The van der Waals surface area contributed by atoms with Gasteiger partial charge in [0.1, 0.15) is 18.2 Å². The molecule has 0 bridgehead atoms. The third kappa shape index (κ3) is 4.21. The van der Waals surface area contributed by atoms with Gasteiger partial charge in [-0.1, -0.05) is 12.1 Å². The van der Waals surface area contributed by atoms with E-state index in [1.165, 1.54) is 18.2 Å². The van der Waals surface area contributed by atoms with Crippen LogP contribution in [-0.4, -0.2) is 12.6 Å². The first-order valence-electron chi connectivity index (χ1n) is 6.53. The average Bonchev–Trinajstić information content (AvgIpc) is 2.46. The molecule has 0 fully saturated rings. The van der Waals surface area contributed by atoms with Gasteiger partial charge in [0, 0.05) is 11.8 Å². The highest BCUT2D eigenvalue weighted by Gasteiger charge is 2.10. The summed E-state index contributed by atoms with van der Waals surface area (Å²) in [6.07, 6.45) is 0. The van der Waals surface area contributed by atoms with Crippen LogP contribution in [0.15, 0.2) is 42.5 Å². The first-order chi connectivity index (χ1) is 10.1. The Kier molecular flexibility index (Phi) is 4.77. The summed E-state index contributed by atoms with van der Waals surface area (Å²) < 4.78 is 23.3. The molecule has 0 aromatic heterocycles. The van der Waals surface area contributed by atoms with E-state index in [1.54, 1.807) is 24.3 Å². The van der Waals surface area contributed by atoms with E-state index >= 15 is 0 Å². The van der Waals surface area contributed by atoms with Crippen molar-refractivity contribution in [2.75, 3.05) is 12.3 Å². The minimum absolute atomic E-state index is 0.0673. The number of carbonyl (C=O) groups is 1. The number of esters is 1. The lowest BCUT2D eigenvalue weighted by atomic mass is 10.2. The third-order valence-corrected chi connectivity index (χ3v) is 2.76. The standard InChI is InChI=1S/C16H16FNO3/c1-2-20-15-8-12(7-14(18)9-15)16(19)21-10-11-3-5-13(17)6-4-11/h3-9H,2,10,18H2,1H3. The number of hydrogen-bond acceptors (Lipinski definition) is 4. The van der Waals surface area contributed by atoms with Crippen LogP contribution in [0.5, 0.6) is 5.75 Å². The molecular weight excluding hydrogens is 273 g/mol. The predicted octanol–water partition coefficient (Wildman–Crippen LogP) is 3.16. The molecule has 0 aliphatic rings. The quantitative estimate of drug-likeness (QED) is 0.678. The zero-order valence-electron chi connectivity index (χ0n) is 11.6. The van der Waals surface area contributed by atoms with Gasteiger partial charge in [0.05, 0.1) is 12.2 Å². The molecule has 0 unspecified atom stereocenters. The highest BCUT2D eigenvalue weighted by Crippen LogP contribution is 2.20. The first kappa shape index (κ1) is 14.8. The van der Waals surface area contributed by atoms with E-state index in [9.17, 15) is 9.18 Å². The highest BCUT2D eigenvalue weighted by molar-refractivity contribution is 5.91. The molecular formula is C16H16FNO3. The lowest BCUT2D eigenvalue weighted by Gasteiger charge is -2.08. The maximum absolute atomic E-state index is 12.8. The highest BCUT2D eigenvalue weighted by atomic mass is 19.1. The summed E-state index contributed by atoms with van der Waals surface area (Å²) in [4.78, 5) is 12.0. The van der Waals surface area contributed by atoms with Crippen molar-refractivity contribution in [3.05, 3.63) is 59.4 Å². The summed E-state index contributed by atoms with van der Waals surface area (Å²) >= 11 is 0. The molecule has 21 heavy (non-hydrogen) atoms. The number of halogens is 1. The van der Waals surface area contributed by atoms with Crippen LogP contribution in [0, 0.1) is 5.82 Å². The molecule has 0 atom stereocenters. The largest absolute Gasteiger partial charge is 0.494 e. The Bertz CT molecular complexity index is 626.